The molecule has 0 aliphatic carbocycles. The number of carbonyl (C=O) groups is 1. The van der Waals surface area contributed by atoms with Crippen LogP contribution < -0.4 is 10.6 Å². The molecule has 2 aliphatic rings. The first-order valence-corrected chi connectivity index (χ1v) is 5.32. The van der Waals surface area contributed by atoms with Crippen molar-refractivity contribution in [2.24, 2.45) is 0 Å². The summed E-state index contributed by atoms with van der Waals surface area (Å²) in [4.78, 5) is 11.3. The molecule has 2 heterocycles. The fraction of sp³-hybridized carbons (Fsp3) is 0.900. The lowest BCUT2D eigenvalue weighted by Gasteiger charge is -2.29. The lowest BCUT2D eigenvalue weighted by Crippen LogP contribution is -2.48. The molecule has 14 heavy (non-hydrogen) atoms. The highest BCUT2D eigenvalue weighted by atomic mass is 16.5. The van der Waals surface area contributed by atoms with E-state index in [2.05, 4.69) is 10.6 Å². The van der Waals surface area contributed by atoms with Gasteiger partial charge in [0.2, 0.25) is 5.91 Å². The molecule has 2 N–H and O–H groups in total. The van der Waals surface area contributed by atoms with Crippen molar-refractivity contribution in [1.82, 2.24) is 10.6 Å². The van der Waals surface area contributed by atoms with Crippen molar-refractivity contribution in [3.05, 3.63) is 0 Å². The molecule has 2 aliphatic heterocycles. The molecule has 4 nitrogen and oxygen atoms in total. The van der Waals surface area contributed by atoms with Crippen LogP contribution in [0.5, 0.6) is 0 Å². The van der Waals surface area contributed by atoms with Crippen LogP contribution >= 0.6 is 0 Å². The van der Waals surface area contributed by atoms with Crippen molar-refractivity contribution in [3.63, 3.8) is 0 Å². The van der Waals surface area contributed by atoms with Gasteiger partial charge in [-0.05, 0) is 25.7 Å². The smallest absolute Gasteiger partial charge is 0.246 e. The normalized spacial score (nSPS) is 35.6. The molecule has 2 atom stereocenters. The van der Waals surface area contributed by atoms with E-state index in [-0.39, 0.29) is 12.5 Å². The number of piperidine rings is 1. The summed E-state index contributed by atoms with van der Waals surface area (Å²) < 4.78 is 4.79. The summed E-state index contributed by atoms with van der Waals surface area (Å²) >= 11 is 0. The van der Waals surface area contributed by atoms with Gasteiger partial charge in [-0.1, -0.05) is 0 Å². The number of amides is 1. The molecular formula is C10H18N2O2. The highest BCUT2D eigenvalue weighted by molar-refractivity contribution is 5.77. The van der Waals surface area contributed by atoms with Gasteiger partial charge in [-0.3, -0.25) is 4.79 Å². The number of hydrogen-bond acceptors (Lipinski definition) is 3. The second-order valence-corrected chi connectivity index (χ2v) is 4.31. The van der Waals surface area contributed by atoms with Gasteiger partial charge in [0.05, 0.1) is 0 Å². The predicted octanol–water partition coefficient (Wildman–Crippen LogP) is 0.0320. The molecule has 0 radical (unpaired) electrons. The van der Waals surface area contributed by atoms with Crippen molar-refractivity contribution < 1.29 is 9.53 Å². The predicted molar refractivity (Wildman–Crippen MR) is 53.0 cm³/mol. The highest BCUT2D eigenvalue weighted by Gasteiger charge is 2.33. The van der Waals surface area contributed by atoms with Crippen molar-refractivity contribution in [3.8, 4) is 0 Å². The summed E-state index contributed by atoms with van der Waals surface area (Å²) in [7, 11) is 1.55. The summed E-state index contributed by atoms with van der Waals surface area (Å²) in [5.74, 6) is 0.0128. The number of ether oxygens (including phenoxy) is 1. The van der Waals surface area contributed by atoms with Gasteiger partial charge >= 0.3 is 0 Å². The minimum atomic E-state index is 0.0128. The molecule has 0 spiro atoms. The maximum Gasteiger partial charge on any atom is 0.246 e. The third kappa shape index (κ3) is 2.25. The molecule has 4 heteroatoms. The van der Waals surface area contributed by atoms with E-state index in [4.69, 9.17) is 4.74 Å². The Balaban J connectivity index is 1.79. The Morgan fingerprint density at radius 1 is 1.43 bits per heavy atom. The maximum absolute atomic E-state index is 11.3. The number of methoxy groups -OCH3 is 1. The summed E-state index contributed by atoms with van der Waals surface area (Å²) in [6.45, 7) is 0.180. The minimum absolute atomic E-state index is 0.0128. The number of hydrogen-bond donors (Lipinski definition) is 2. The molecule has 2 bridgehead atoms. The first-order valence-electron chi connectivity index (χ1n) is 5.32. The molecular weight excluding hydrogens is 180 g/mol. The van der Waals surface area contributed by atoms with Crippen molar-refractivity contribution in [2.45, 2.75) is 43.8 Å². The quantitative estimate of drug-likeness (QED) is 0.673. The lowest BCUT2D eigenvalue weighted by molar-refractivity contribution is -0.125. The van der Waals surface area contributed by atoms with Crippen LogP contribution in [-0.4, -0.2) is 37.7 Å². The summed E-state index contributed by atoms with van der Waals surface area (Å²) in [6, 6.07) is 1.61. The minimum Gasteiger partial charge on any atom is -0.375 e. The fourth-order valence-corrected chi connectivity index (χ4v) is 2.58. The van der Waals surface area contributed by atoms with E-state index in [0.717, 1.165) is 12.8 Å². The topological polar surface area (TPSA) is 50.4 Å². The van der Waals surface area contributed by atoms with Crippen LogP contribution in [0.3, 0.4) is 0 Å². The zero-order valence-corrected chi connectivity index (χ0v) is 8.58. The van der Waals surface area contributed by atoms with Gasteiger partial charge < -0.3 is 15.4 Å². The van der Waals surface area contributed by atoms with Gasteiger partial charge in [0.15, 0.2) is 0 Å². The van der Waals surface area contributed by atoms with Crippen molar-refractivity contribution >= 4 is 5.91 Å². The van der Waals surface area contributed by atoms with Crippen molar-refractivity contribution in [1.29, 1.82) is 0 Å². The molecule has 2 fully saturated rings. The van der Waals surface area contributed by atoms with Crippen LogP contribution in [0.2, 0.25) is 0 Å². The Hall–Kier alpha value is -0.610. The van der Waals surface area contributed by atoms with E-state index in [9.17, 15) is 4.79 Å². The van der Waals surface area contributed by atoms with E-state index >= 15 is 0 Å². The van der Waals surface area contributed by atoms with E-state index in [1.807, 2.05) is 0 Å². The molecule has 2 unspecified atom stereocenters. The van der Waals surface area contributed by atoms with Crippen molar-refractivity contribution in [2.75, 3.05) is 13.7 Å². The number of nitrogens with one attached hydrogen (secondary N) is 2. The van der Waals surface area contributed by atoms with E-state index in [1.165, 1.54) is 12.8 Å². The summed E-state index contributed by atoms with van der Waals surface area (Å²) in [6.07, 6.45) is 4.68. The summed E-state index contributed by atoms with van der Waals surface area (Å²) in [5, 5.41) is 6.56. The van der Waals surface area contributed by atoms with E-state index < -0.39 is 0 Å². The fourth-order valence-electron chi connectivity index (χ4n) is 2.58. The van der Waals surface area contributed by atoms with Gasteiger partial charge in [0, 0.05) is 25.2 Å². The van der Waals surface area contributed by atoms with Crippen LogP contribution in [0, 0.1) is 0 Å². The Bertz CT molecular complexity index is 208. The van der Waals surface area contributed by atoms with Crippen LogP contribution in [0.1, 0.15) is 25.7 Å². The molecule has 0 aromatic heterocycles. The van der Waals surface area contributed by atoms with Gasteiger partial charge in [-0.25, -0.2) is 0 Å². The average Bonchev–Trinajstić information content (AvgIpc) is 2.46. The number of rotatable bonds is 3. The molecule has 1 amide bonds. The number of carbonyl (C=O) groups excluding carboxylic acids is 1. The van der Waals surface area contributed by atoms with Gasteiger partial charge in [-0.2, -0.15) is 0 Å². The molecule has 2 saturated heterocycles. The molecule has 0 aromatic rings. The Morgan fingerprint density at radius 3 is 2.64 bits per heavy atom. The first-order chi connectivity index (χ1) is 6.78. The van der Waals surface area contributed by atoms with Gasteiger partial charge in [-0.15, -0.1) is 0 Å². The van der Waals surface area contributed by atoms with Crippen LogP contribution in [0.4, 0.5) is 0 Å². The monoisotopic (exact) mass is 198 g/mol. The second-order valence-electron chi connectivity index (χ2n) is 4.31. The molecule has 80 valence electrons. The third-order valence-electron chi connectivity index (χ3n) is 3.11. The molecule has 2 rings (SSSR count). The van der Waals surface area contributed by atoms with Crippen LogP contribution in [-0.2, 0) is 9.53 Å². The second kappa shape index (κ2) is 4.28. The zero-order chi connectivity index (χ0) is 9.97. The van der Waals surface area contributed by atoms with Crippen LogP contribution in [0.15, 0.2) is 0 Å². The largest absolute Gasteiger partial charge is 0.375 e. The first kappa shape index (κ1) is 9.93. The number of fused-ring (bicyclic) bond motifs is 2. The molecule has 0 aromatic carbocycles. The lowest BCUT2D eigenvalue weighted by atomic mass is 10.00. The Morgan fingerprint density at radius 2 is 2.07 bits per heavy atom. The average molecular weight is 198 g/mol. The van der Waals surface area contributed by atoms with E-state index in [0.29, 0.717) is 18.1 Å². The summed E-state index contributed by atoms with van der Waals surface area (Å²) in [5.41, 5.74) is 0. The standard InChI is InChI=1S/C10H18N2O2/c1-14-6-10(13)12-9-4-7-2-3-8(5-9)11-7/h7-9,11H,2-6H2,1H3,(H,12,13). The van der Waals surface area contributed by atoms with Crippen LogP contribution in [0.25, 0.3) is 0 Å². The molecule has 0 saturated carbocycles. The Kier molecular flexibility index (Phi) is 3.03. The third-order valence-corrected chi connectivity index (χ3v) is 3.11. The van der Waals surface area contributed by atoms with Gasteiger partial charge in [0.25, 0.3) is 0 Å². The Labute approximate surface area is 84.4 Å². The SMILES string of the molecule is COCC(=O)NC1CC2CCC(C1)N2. The highest BCUT2D eigenvalue weighted by Crippen LogP contribution is 2.26. The van der Waals surface area contributed by atoms with Gasteiger partial charge in [0.1, 0.15) is 6.61 Å². The maximum atomic E-state index is 11.3. The zero-order valence-electron chi connectivity index (χ0n) is 8.58. The van der Waals surface area contributed by atoms with E-state index in [1.54, 1.807) is 7.11 Å².